The Bertz CT molecular complexity index is 540. The van der Waals surface area contributed by atoms with Crippen molar-refractivity contribution in [2.75, 3.05) is 12.8 Å². The average molecular weight is 291 g/mol. The lowest BCUT2D eigenvalue weighted by Gasteiger charge is -2.27. The molecule has 3 heteroatoms. The molecule has 0 saturated heterocycles. The Labute approximate surface area is 123 Å². The van der Waals surface area contributed by atoms with Crippen molar-refractivity contribution >= 4 is 33.2 Å². The molecule has 1 aliphatic rings. The van der Waals surface area contributed by atoms with Crippen LogP contribution in [0.3, 0.4) is 0 Å². The highest BCUT2D eigenvalue weighted by Crippen LogP contribution is 2.39. The highest BCUT2D eigenvalue weighted by molar-refractivity contribution is 8.00. The van der Waals surface area contributed by atoms with Gasteiger partial charge in [-0.3, -0.25) is 0 Å². The SMILES string of the molecule is CSC1(CNCc2csc3ccccc23)CCCC1. The summed E-state index contributed by atoms with van der Waals surface area (Å²) in [5, 5.41) is 7.42. The van der Waals surface area contributed by atoms with Crippen molar-refractivity contribution in [1.29, 1.82) is 0 Å². The lowest BCUT2D eigenvalue weighted by molar-refractivity contribution is 0.535. The van der Waals surface area contributed by atoms with Crippen LogP contribution in [0.15, 0.2) is 29.6 Å². The monoisotopic (exact) mass is 291 g/mol. The molecule has 1 aliphatic carbocycles. The minimum absolute atomic E-state index is 0.506. The lowest BCUT2D eigenvalue weighted by Crippen LogP contribution is -2.34. The van der Waals surface area contributed by atoms with E-state index in [1.165, 1.54) is 41.3 Å². The summed E-state index contributed by atoms with van der Waals surface area (Å²) in [5.74, 6) is 0. The molecule has 0 atom stereocenters. The second-order valence-corrected chi connectivity index (χ2v) is 7.64. The van der Waals surface area contributed by atoms with Crippen LogP contribution in [0.5, 0.6) is 0 Å². The number of benzene rings is 1. The molecule has 3 rings (SSSR count). The van der Waals surface area contributed by atoms with Gasteiger partial charge in [0.1, 0.15) is 0 Å². The van der Waals surface area contributed by atoms with E-state index in [-0.39, 0.29) is 0 Å². The van der Waals surface area contributed by atoms with E-state index < -0.39 is 0 Å². The first-order valence-corrected chi connectivity index (χ1v) is 9.14. The highest BCUT2D eigenvalue weighted by atomic mass is 32.2. The third-order valence-corrected chi connectivity index (χ3v) is 6.70. The van der Waals surface area contributed by atoms with Crippen LogP contribution < -0.4 is 5.32 Å². The van der Waals surface area contributed by atoms with Gasteiger partial charge in [-0.25, -0.2) is 0 Å². The Balaban J connectivity index is 1.63. The maximum atomic E-state index is 3.70. The summed E-state index contributed by atoms with van der Waals surface area (Å²) in [7, 11) is 0. The maximum Gasteiger partial charge on any atom is 0.0346 e. The Morgan fingerprint density at radius 3 is 2.84 bits per heavy atom. The predicted octanol–water partition coefficient (Wildman–Crippen LogP) is 4.67. The van der Waals surface area contributed by atoms with E-state index in [9.17, 15) is 0 Å². The molecule has 0 radical (unpaired) electrons. The zero-order valence-corrected chi connectivity index (χ0v) is 13.1. The second-order valence-electron chi connectivity index (χ2n) is 5.45. The number of thioether (sulfide) groups is 1. The quantitative estimate of drug-likeness (QED) is 0.859. The van der Waals surface area contributed by atoms with Gasteiger partial charge in [-0.1, -0.05) is 31.0 Å². The molecule has 102 valence electrons. The van der Waals surface area contributed by atoms with Gasteiger partial charge in [-0.05, 0) is 41.5 Å². The van der Waals surface area contributed by atoms with Crippen molar-refractivity contribution < 1.29 is 0 Å². The molecule has 0 amide bonds. The third kappa shape index (κ3) is 2.83. The first-order chi connectivity index (χ1) is 9.33. The van der Waals surface area contributed by atoms with Gasteiger partial charge in [0.25, 0.3) is 0 Å². The van der Waals surface area contributed by atoms with Gasteiger partial charge in [0.15, 0.2) is 0 Å². The van der Waals surface area contributed by atoms with Gasteiger partial charge in [0.05, 0.1) is 0 Å². The fourth-order valence-corrected chi connectivity index (χ4v) is 4.97. The van der Waals surface area contributed by atoms with Crippen LogP contribution >= 0.6 is 23.1 Å². The highest BCUT2D eigenvalue weighted by Gasteiger charge is 2.32. The molecule has 1 fully saturated rings. The van der Waals surface area contributed by atoms with Crippen molar-refractivity contribution in [3.8, 4) is 0 Å². The molecule has 0 spiro atoms. The molecule has 1 heterocycles. The van der Waals surface area contributed by atoms with E-state index in [0.717, 1.165) is 13.1 Å². The van der Waals surface area contributed by atoms with Crippen LogP contribution in [0, 0.1) is 0 Å². The summed E-state index contributed by atoms with van der Waals surface area (Å²) < 4.78 is 1.91. The largest absolute Gasteiger partial charge is 0.311 e. The molecule has 0 bridgehead atoms. The number of hydrogen-bond acceptors (Lipinski definition) is 3. The van der Waals surface area contributed by atoms with Crippen LogP contribution in [0.2, 0.25) is 0 Å². The van der Waals surface area contributed by atoms with Crippen molar-refractivity contribution in [2.24, 2.45) is 0 Å². The van der Waals surface area contributed by atoms with Crippen LogP contribution in [0.4, 0.5) is 0 Å². The molecule has 0 unspecified atom stereocenters. The third-order valence-electron chi connectivity index (χ3n) is 4.27. The van der Waals surface area contributed by atoms with Gasteiger partial charge in [0, 0.05) is 22.5 Å². The number of rotatable bonds is 5. The van der Waals surface area contributed by atoms with Crippen molar-refractivity contribution in [3.05, 3.63) is 35.2 Å². The molecule has 1 N–H and O–H groups in total. The van der Waals surface area contributed by atoms with E-state index in [4.69, 9.17) is 0 Å². The van der Waals surface area contributed by atoms with Gasteiger partial charge in [0.2, 0.25) is 0 Å². The van der Waals surface area contributed by atoms with E-state index in [1.54, 1.807) is 0 Å². The minimum Gasteiger partial charge on any atom is -0.311 e. The Morgan fingerprint density at radius 2 is 2.05 bits per heavy atom. The first kappa shape index (κ1) is 13.5. The summed E-state index contributed by atoms with van der Waals surface area (Å²) in [6, 6.07) is 8.71. The van der Waals surface area contributed by atoms with Gasteiger partial charge in [-0.2, -0.15) is 11.8 Å². The summed E-state index contributed by atoms with van der Waals surface area (Å²) in [4.78, 5) is 0. The van der Waals surface area contributed by atoms with Crippen molar-refractivity contribution in [3.63, 3.8) is 0 Å². The standard InChI is InChI=1S/C16H21NS2/c1-18-16(8-4-5-9-16)12-17-10-13-11-19-15-7-3-2-6-14(13)15/h2-3,6-7,11,17H,4-5,8-10,12H2,1H3. The number of thiophene rings is 1. The Morgan fingerprint density at radius 1 is 1.26 bits per heavy atom. The fourth-order valence-electron chi connectivity index (χ4n) is 3.07. The van der Waals surface area contributed by atoms with Gasteiger partial charge < -0.3 is 5.32 Å². The fraction of sp³-hybridized carbons (Fsp3) is 0.500. The first-order valence-electron chi connectivity index (χ1n) is 7.04. The molecule has 1 aromatic heterocycles. The normalized spacial score (nSPS) is 18.2. The second kappa shape index (κ2) is 5.86. The minimum atomic E-state index is 0.506. The molecule has 2 aromatic rings. The van der Waals surface area contributed by atoms with Crippen LogP contribution in [-0.4, -0.2) is 17.5 Å². The van der Waals surface area contributed by atoms with Gasteiger partial charge in [-0.15, -0.1) is 11.3 Å². The van der Waals surface area contributed by atoms with Crippen LogP contribution in [0.1, 0.15) is 31.2 Å². The summed E-state index contributed by atoms with van der Waals surface area (Å²) >= 11 is 3.92. The summed E-state index contributed by atoms with van der Waals surface area (Å²) in [6.07, 6.45) is 7.85. The molecular formula is C16H21NS2. The number of hydrogen-bond donors (Lipinski definition) is 1. The summed E-state index contributed by atoms with van der Waals surface area (Å²) in [6.45, 7) is 2.16. The van der Waals surface area contributed by atoms with Crippen LogP contribution in [0.25, 0.3) is 10.1 Å². The number of nitrogens with one attached hydrogen (secondary N) is 1. The van der Waals surface area contributed by atoms with E-state index >= 15 is 0 Å². The molecule has 1 saturated carbocycles. The van der Waals surface area contributed by atoms with E-state index in [2.05, 4.69) is 53.0 Å². The van der Waals surface area contributed by atoms with E-state index in [0.29, 0.717) is 4.75 Å². The molecular weight excluding hydrogens is 270 g/mol. The molecule has 19 heavy (non-hydrogen) atoms. The Kier molecular flexibility index (Phi) is 4.15. The van der Waals surface area contributed by atoms with Crippen molar-refractivity contribution in [1.82, 2.24) is 5.32 Å². The summed E-state index contributed by atoms with van der Waals surface area (Å²) in [5.41, 5.74) is 1.45. The molecule has 1 nitrogen and oxygen atoms in total. The Hall–Kier alpha value is -0.510. The zero-order valence-electron chi connectivity index (χ0n) is 11.4. The molecule has 0 aliphatic heterocycles. The average Bonchev–Trinajstić information content (AvgIpc) is 3.07. The van der Waals surface area contributed by atoms with Crippen LogP contribution in [-0.2, 0) is 6.54 Å². The topological polar surface area (TPSA) is 12.0 Å². The lowest BCUT2D eigenvalue weighted by atomic mass is 10.1. The number of fused-ring (bicyclic) bond motifs is 1. The predicted molar refractivity (Wildman–Crippen MR) is 88.2 cm³/mol. The molecule has 1 aromatic carbocycles. The maximum absolute atomic E-state index is 3.70. The zero-order chi connectivity index (χ0) is 13.1. The van der Waals surface area contributed by atoms with E-state index in [1.807, 2.05) is 11.3 Å². The van der Waals surface area contributed by atoms with Crippen molar-refractivity contribution in [2.45, 2.75) is 37.0 Å². The van der Waals surface area contributed by atoms with Gasteiger partial charge >= 0.3 is 0 Å². The smallest absolute Gasteiger partial charge is 0.0346 e.